The van der Waals surface area contributed by atoms with E-state index >= 15 is 0 Å². The maximum absolute atomic E-state index is 5.69. The van der Waals surface area contributed by atoms with E-state index < -0.39 is 0 Å². The van der Waals surface area contributed by atoms with E-state index in [2.05, 4.69) is 44.4 Å². The lowest BCUT2D eigenvalue weighted by Crippen LogP contribution is -2.41. The highest BCUT2D eigenvalue weighted by atomic mass is 16.5. The number of fused-ring (bicyclic) bond motifs is 1. The van der Waals surface area contributed by atoms with Crippen LogP contribution in [0.25, 0.3) is 0 Å². The number of hydrogen-bond acceptors (Lipinski definition) is 4. The van der Waals surface area contributed by atoms with Crippen LogP contribution in [0.5, 0.6) is 0 Å². The van der Waals surface area contributed by atoms with Crippen LogP contribution in [0.1, 0.15) is 24.0 Å². The van der Waals surface area contributed by atoms with Crippen molar-refractivity contribution in [2.24, 2.45) is 10.9 Å². The van der Waals surface area contributed by atoms with Gasteiger partial charge in [-0.05, 0) is 30.4 Å². The number of nitrogens with one attached hydrogen (secondary N) is 1. The maximum atomic E-state index is 5.69. The summed E-state index contributed by atoms with van der Waals surface area (Å²) >= 11 is 0. The van der Waals surface area contributed by atoms with Crippen molar-refractivity contribution >= 4 is 5.96 Å². The van der Waals surface area contributed by atoms with Gasteiger partial charge < -0.3 is 19.7 Å². The summed E-state index contributed by atoms with van der Waals surface area (Å²) in [4.78, 5) is 9.41. The highest BCUT2D eigenvalue weighted by molar-refractivity contribution is 5.80. The standard InChI is InChI=1S/C22H36N4O2/c1-23-22(26-13-8-19(16-26)18-28-15-14-27-2)24-10-5-11-25-12-9-20-6-3-4-7-21(20)17-25/h3-4,6-7,19H,5,8-18H2,1-2H3,(H,23,24). The van der Waals surface area contributed by atoms with Crippen molar-refractivity contribution in [2.45, 2.75) is 25.8 Å². The molecule has 1 aromatic carbocycles. The fourth-order valence-corrected chi connectivity index (χ4v) is 4.13. The van der Waals surface area contributed by atoms with Gasteiger partial charge in [-0.2, -0.15) is 0 Å². The fraction of sp³-hybridized carbons (Fsp3) is 0.682. The van der Waals surface area contributed by atoms with Crippen molar-refractivity contribution in [2.75, 3.05) is 66.7 Å². The molecule has 1 saturated heterocycles. The molecule has 0 amide bonds. The molecule has 1 fully saturated rings. The van der Waals surface area contributed by atoms with Crippen molar-refractivity contribution in [3.05, 3.63) is 35.4 Å². The van der Waals surface area contributed by atoms with Crippen LogP contribution in [-0.2, 0) is 22.4 Å². The van der Waals surface area contributed by atoms with E-state index in [4.69, 9.17) is 9.47 Å². The smallest absolute Gasteiger partial charge is 0.193 e. The Morgan fingerprint density at radius 3 is 2.89 bits per heavy atom. The number of benzene rings is 1. The molecule has 0 spiro atoms. The van der Waals surface area contributed by atoms with Gasteiger partial charge in [-0.25, -0.2) is 0 Å². The summed E-state index contributed by atoms with van der Waals surface area (Å²) in [6, 6.07) is 8.84. The first-order valence-electron chi connectivity index (χ1n) is 10.6. The Bertz CT molecular complexity index is 622. The number of rotatable bonds is 9. The minimum Gasteiger partial charge on any atom is -0.382 e. The summed E-state index contributed by atoms with van der Waals surface area (Å²) in [6.07, 6.45) is 3.48. The van der Waals surface area contributed by atoms with E-state index in [-0.39, 0.29) is 0 Å². The lowest BCUT2D eigenvalue weighted by Gasteiger charge is -2.29. The Kier molecular flexibility index (Phi) is 8.58. The molecule has 6 nitrogen and oxygen atoms in total. The Morgan fingerprint density at radius 1 is 1.21 bits per heavy atom. The molecule has 1 aromatic rings. The quantitative estimate of drug-likeness (QED) is 0.398. The summed E-state index contributed by atoms with van der Waals surface area (Å²) in [5, 5.41) is 3.56. The van der Waals surface area contributed by atoms with Gasteiger partial charge in [0.25, 0.3) is 0 Å². The molecule has 28 heavy (non-hydrogen) atoms. The van der Waals surface area contributed by atoms with E-state index in [9.17, 15) is 0 Å². The zero-order valence-electron chi connectivity index (χ0n) is 17.5. The Balaban J connectivity index is 1.32. The molecule has 3 rings (SSSR count). The highest BCUT2D eigenvalue weighted by Gasteiger charge is 2.25. The van der Waals surface area contributed by atoms with Gasteiger partial charge in [0.15, 0.2) is 5.96 Å². The van der Waals surface area contributed by atoms with Crippen LogP contribution in [0.15, 0.2) is 29.3 Å². The summed E-state index contributed by atoms with van der Waals surface area (Å²) in [5.74, 6) is 1.62. The molecule has 0 aromatic heterocycles. The number of guanidine groups is 1. The molecule has 6 heteroatoms. The van der Waals surface area contributed by atoms with Gasteiger partial charge in [0, 0.05) is 59.3 Å². The average Bonchev–Trinajstić information content (AvgIpc) is 3.20. The number of methoxy groups -OCH3 is 1. The second-order valence-electron chi connectivity index (χ2n) is 7.79. The van der Waals surface area contributed by atoms with Crippen LogP contribution < -0.4 is 5.32 Å². The molecular formula is C22H36N4O2. The largest absolute Gasteiger partial charge is 0.382 e. The molecule has 2 aliphatic heterocycles. The van der Waals surface area contributed by atoms with Crippen LogP contribution in [-0.4, -0.2) is 82.5 Å². The molecule has 0 aliphatic carbocycles. The molecule has 1 unspecified atom stereocenters. The third kappa shape index (κ3) is 6.19. The zero-order valence-corrected chi connectivity index (χ0v) is 17.5. The van der Waals surface area contributed by atoms with Crippen LogP contribution >= 0.6 is 0 Å². The summed E-state index contributed by atoms with van der Waals surface area (Å²) < 4.78 is 10.7. The van der Waals surface area contributed by atoms with Gasteiger partial charge in [-0.3, -0.25) is 9.89 Å². The predicted molar refractivity (Wildman–Crippen MR) is 114 cm³/mol. The Morgan fingerprint density at radius 2 is 2.07 bits per heavy atom. The number of ether oxygens (including phenoxy) is 2. The molecule has 0 radical (unpaired) electrons. The average molecular weight is 389 g/mol. The van der Waals surface area contributed by atoms with E-state index in [1.54, 1.807) is 7.11 Å². The van der Waals surface area contributed by atoms with Crippen LogP contribution in [0, 0.1) is 5.92 Å². The summed E-state index contributed by atoms with van der Waals surface area (Å²) in [7, 11) is 3.59. The Hall–Kier alpha value is -1.63. The molecule has 2 heterocycles. The highest BCUT2D eigenvalue weighted by Crippen LogP contribution is 2.19. The molecule has 0 saturated carbocycles. The number of hydrogen-bond donors (Lipinski definition) is 1. The fourth-order valence-electron chi connectivity index (χ4n) is 4.13. The molecule has 0 bridgehead atoms. The van der Waals surface area contributed by atoms with Crippen molar-refractivity contribution < 1.29 is 9.47 Å². The van der Waals surface area contributed by atoms with Gasteiger partial charge >= 0.3 is 0 Å². The molecular weight excluding hydrogens is 352 g/mol. The van der Waals surface area contributed by atoms with Crippen LogP contribution in [0.3, 0.4) is 0 Å². The molecule has 2 aliphatic rings. The number of aliphatic imine (C=N–C) groups is 1. The SMILES string of the molecule is CN=C(NCCCN1CCc2ccccc2C1)N1CCC(COCCOC)C1. The molecule has 156 valence electrons. The molecule has 1 atom stereocenters. The second kappa shape index (κ2) is 11.4. The topological polar surface area (TPSA) is 49.3 Å². The first-order valence-corrected chi connectivity index (χ1v) is 10.6. The van der Waals surface area contributed by atoms with Crippen molar-refractivity contribution in [3.63, 3.8) is 0 Å². The van der Waals surface area contributed by atoms with Gasteiger partial charge in [-0.15, -0.1) is 0 Å². The van der Waals surface area contributed by atoms with E-state index in [0.717, 1.165) is 51.7 Å². The normalized spacial score (nSPS) is 20.4. The van der Waals surface area contributed by atoms with E-state index in [0.29, 0.717) is 19.1 Å². The first-order chi connectivity index (χ1) is 13.8. The van der Waals surface area contributed by atoms with Gasteiger partial charge in [0.2, 0.25) is 0 Å². The third-order valence-corrected chi connectivity index (χ3v) is 5.73. The minimum atomic E-state index is 0.587. The number of likely N-dealkylation sites (tertiary alicyclic amines) is 1. The Labute approximate surface area is 169 Å². The van der Waals surface area contributed by atoms with Gasteiger partial charge in [0.1, 0.15) is 0 Å². The van der Waals surface area contributed by atoms with E-state index in [1.165, 1.54) is 30.5 Å². The lowest BCUT2D eigenvalue weighted by molar-refractivity contribution is 0.0536. The monoisotopic (exact) mass is 388 g/mol. The minimum absolute atomic E-state index is 0.587. The predicted octanol–water partition coefficient (Wildman–Crippen LogP) is 2.00. The number of nitrogens with zero attached hydrogens (tertiary/aromatic N) is 3. The van der Waals surface area contributed by atoms with Crippen LogP contribution in [0.2, 0.25) is 0 Å². The zero-order chi connectivity index (χ0) is 19.6. The van der Waals surface area contributed by atoms with Crippen LogP contribution in [0.4, 0.5) is 0 Å². The first kappa shape index (κ1) is 21.1. The lowest BCUT2D eigenvalue weighted by atomic mass is 10.00. The van der Waals surface area contributed by atoms with Crippen molar-refractivity contribution in [1.82, 2.24) is 15.1 Å². The second-order valence-corrected chi connectivity index (χ2v) is 7.79. The summed E-state index contributed by atoms with van der Waals surface area (Å²) in [6.45, 7) is 8.60. The third-order valence-electron chi connectivity index (χ3n) is 5.73. The van der Waals surface area contributed by atoms with E-state index in [1.807, 2.05) is 7.05 Å². The molecule has 1 N–H and O–H groups in total. The maximum Gasteiger partial charge on any atom is 0.193 e. The van der Waals surface area contributed by atoms with Gasteiger partial charge in [-0.1, -0.05) is 24.3 Å². The van der Waals surface area contributed by atoms with Crippen molar-refractivity contribution in [3.8, 4) is 0 Å². The van der Waals surface area contributed by atoms with Crippen molar-refractivity contribution in [1.29, 1.82) is 0 Å². The van der Waals surface area contributed by atoms with Gasteiger partial charge in [0.05, 0.1) is 19.8 Å². The summed E-state index contributed by atoms with van der Waals surface area (Å²) in [5.41, 5.74) is 3.01.